The van der Waals surface area contributed by atoms with Gasteiger partial charge in [-0.2, -0.15) is 0 Å². The van der Waals surface area contributed by atoms with Crippen LogP contribution >= 0.6 is 0 Å². The molecule has 0 bridgehead atoms. The number of hydrogen-bond donors (Lipinski definition) is 1. The highest BCUT2D eigenvalue weighted by atomic mass is 16.6. The maximum atomic E-state index is 10.0. The molecule has 0 heterocycles. The molecule has 1 amide bonds. The first-order valence-electron chi connectivity index (χ1n) is 7.50. The minimum Gasteiger partial charge on any atom is -0.444 e. The standard InChI is InChI=1S/C10H19N.C5H11NO2.H2/c1-11(10-7-8-10)9-5-3-2-4-6-9;1-5(2,3)8-4(6)7;/h9-10H,2-8H2,1H3;1-3H3,(H2,6,7);1H. The van der Waals surface area contributed by atoms with E-state index in [1.807, 2.05) is 0 Å². The molecule has 19 heavy (non-hydrogen) atoms. The zero-order chi connectivity index (χ0) is 14.5. The summed E-state index contributed by atoms with van der Waals surface area (Å²) in [5, 5.41) is 0. The third-order valence-electron chi connectivity index (χ3n) is 3.68. The molecular formula is C15H32N2O2. The third kappa shape index (κ3) is 7.41. The van der Waals surface area contributed by atoms with Gasteiger partial charge in [0, 0.05) is 13.5 Å². The van der Waals surface area contributed by atoms with Gasteiger partial charge in [0.15, 0.2) is 0 Å². The molecule has 0 aromatic heterocycles. The molecule has 0 atom stereocenters. The molecule has 0 radical (unpaired) electrons. The van der Waals surface area contributed by atoms with Crippen LogP contribution < -0.4 is 5.73 Å². The third-order valence-corrected chi connectivity index (χ3v) is 3.68. The predicted octanol–water partition coefficient (Wildman–Crippen LogP) is 3.54. The van der Waals surface area contributed by atoms with E-state index < -0.39 is 11.7 Å². The van der Waals surface area contributed by atoms with Gasteiger partial charge in [-0.1, -0.05) is 19.3 Å². The zero-order valence-electron chi connectivity index (χ0n) is 12.9. The molecule has 2 aliphatic rings. The van der Waals surface area contributed by atoms with Crippen molar-refractivity contribution in [2.75, 3.05) is 7.05 Å². The minimum atomic E-state index is -0.725. The molecule has 114 valence electrons. The van der Waals surface area contributed by atoms with E-state index in [2.05, 4.69) is 16.7 Å². The number of ether oxygens (including phenoxy) is 1. The molecule has 2 saturated carbocycles. The molecule has 2 rings (SSSR count). The molecule has 2 aliphatic carbocycles. The van der Waals surface area contributed by atoms with Gasteiger partial charge in [-0.05, 0) is 53.5 Å². The maximum absolute atomic E-state index is 10.0. The highest BCUT2D eigenvalue weighted by Crippen LogP contribution is 2.31. The summed E-state index contributed by atoms with van der Waals surface area (Å²) >= 11 is 0. The summed E-state index contributed by atoms with van der Waals surface area (Å²) in [5.41, 5.74) is 4.26. The summed E-state index contributed by atoms with van der Waals surface area (Å²) in [5.74, 6) is 0. The molecule has 4 nitrogen and oxygen atoms in total. The SMILES string of the molecule is CC(C)(C)OC(N)=O.CN(C1CCCCC1)C1CC1.[HH]. The van der Waals surface area contributed by atoms with Crippen molar-refractivity contribution in [1.29, 1.82) is 0 Å². The fourth-order valence-electron chi connectivity index (χ4n) is 2.57. The summed E-state index contributed by atoms with van der Waals surface area (Å²) in [6, 6.07) is 1.91. The molecule has 0 saturated heterocycles. The summed E-state index contributed by atoms with van der Waals surface area (Å²) in [7, 11) is 2.33. The summed E-state index contributed by atoms with van der Waals surface area (Å²) < 4.78 is 4.58. The van der Waals surface area contributed by atoms with Crippen molar-refractivity contribution in [3.05, 3.63) is 0 Å². The van der Waals surface area contributed by atoms with E-state index in [9.17, 15) is 4.79 Å². The van der Waals surface area contributed by atoms with Gasteiger partial charge in [0.1, 0.15) is 5.60 Å². The van der Waals surface area contributed by atoms with Gasteiger partial charge >= 0.3 is 6.09 Å². The molecule has 0 aromatic rings. The second kappa shape index (κ2) is 7.13. The Morgan fingerprint density at radius 1 is 1.11 bits per heavy atom. The Morgan fingerprint density at radius 2 is 1.58 bits per heavy atom. The van der Waals surface area contributed by atoms with Gasteiger partial charge < -0.3 is 15.4 Å². The first-order valence-corrected chi connectivity index (χ1v) is 7.50. The quantitative estimate of drug-likeness (QED) is 0.836. The first kappa shape index (κ1) is 16.3. The topological polar surface area (TPSA) is 55.6 Å². The summed E-state index contributed by atoms with van der Waals surface area (Å²) in [6.07, 6.45) is 9.57. The van der Waals surface area contributed by atoms with Crippen LogP contribution in [-0.4, -0.2) is 35.7 Å². The fourth-order valence-corrected chi connectivity index (χ4v) is 2.57. The van der Waals surface area contributed by atoms with Gasteiger partial charge in [-0.3, -0.25) is 0 Å². The molecule has 4 heteroatoms. The number of carbonyl (C=O) groups is 1. The Bertz CT molecular complexity index is 282. The Labute approximate surface area is 119 Å². The lowest BCUT2D eigenvalue weighted by atomic mass is 9.94. The number of nitrogens with two attached hydrogens (primary N) is 1. The van der Waals surface area contributed by atoms with Crippen LogP contribution in [0.3, 0.4) is 0 Å². The lowest BCUT2D eigenvalue weighted by Crippen LogP contribution is -2.34. The van der Waals surface area contributed by atoms with Crippen LogP contribution in [0.5, 0.6) is 0 Å². The van der Waals surface area contributed by atoms with E-state index >= 15 is 0 Å². The monoisotopic (exact) mass is 272 g/mol. The number of carbonyl (C=O) groups excluding carboxylic acids is 1. The van der Waals surface area contributed by atoms with Gasteiger partial charge in [0.05, 0.1) is 0 Å². The molecule has 0 aromatic carbocycles. The van der Waals surface area contributed by atoms with Gasteiger partial charge in [-0.25, -0.2) is 4.79 Å². The van der Waals surface area contributed by atoms with Gasteiger partial charge in [0.25, 0.3) is 0 Å². The lowest BCUT2D eigenvalue weighted by molar-refractivity contribution is 0.0600. The van der Waals surface area contributed by atoms with Crippen LogP contribution in [0.15, 0.2) is 0 Å². The second-order valence-electron chi connectivity index (χ2n) is 6.72. The molecule has 2 N–H and O–H groups in total. The summed E-state index contributed by atoms with van der Waals surface area (Å²) in [4.78, 5) is 12.7. The highest BCUT2D eigenvalue weighted by molar-refractivity contribution is 5.65. The average molecular weight is 272 g/mol. The second-order valence-corrected chi connectivity index (χ2v) is 6.72. The van der Waals surface area contributed by atoms with E-state index in [0.29, 0.717) is 0 Å². The number of amides is 1. The average Bonchev–Trinajstić information content (AvgIpc) is 3.10. The van der Waals surface area contributed by atoms with Crippen LogP contribution in [0.4, 0.5) is 4.79 Å². The highest BCUT2D eigenvalue weighted by Gasteiger charge is 2.31. The minimum absolute atomic E-state index is 0. The van der Waals surface area contributed by atoms with E-state index in [-0.39, 0.29) is 1.43 Å². The molecule has 0 spiro atoms. The summed E-state index contributed by atoms with van der Waals surface area (Å²) in [6.45, 7) is 5.28. The van der Waals surface area contributed by atoms with Crippen molar-refractivity contribution in [2.45, 2.75) is 83.4 Å². The molecular weight excluding hydrogens is 240 g/mol. The van der Waals surface area contributed by atoms with Crippen molar-refractivity contribution in [1.82, 2.24) is 4.90 Å². The van der Waals surface area contributed by atoms with Crippen molar-refractivity contribution >= 4 is 6.09 Å². The van der Waals surface area contributed by atoms with Crippen molar-refractivity contribution < 1.29 is 11.0 Å². The fraction of sp³-hybridized carbons (Fsp3) is 0.933. The van der Waals surface area contributed by atoms with Crippen molar-refractivity contribution in [2.24, 2.45) is 5.73 Å². The molecule has 0 unspecified atom stereocenters. The van der Waals surface area contributed by atoms with Crippen LogP contribution in [0, 0.1) is 0 Å². The molecule has 0 aliphatic heterocycles. The number of primary amides is 1. The van der Waals surface area contributed by atoms with E-state index in [0.717, 1.165) is 12.1 Å². The Balaban J connectivity index is 0.000000364. The predicted molar refractivity (Wildman–Crippen MR) is 80.2 cm³/mol. The van der Waals surface area contributed by atoms with Crippen LogP contribution in [0.2, 0.25) is 0 Å². The Hall–Kier alpha value is -0.770. The van der Waals surface area contributed by atoms with Crippen molar-refractivity contribution in [3.63, 3.8) is 0 Å². The number of hydrogen-bond acceptors (Lipinski definition) is 3. The van der Waals surface area contributed by atoms with Gasteiger partial charge in [0.2, 0.25) is 0 Å². The van der Waals surface area contributed by atoms with E-state index in [1.165, 1.54) is 44.9 Å². The normalized spacial score (nSPS) is 20.7. The maximum Gasteiger partial charge on any atom is 0.405 e. The van der Waals surface area contributed by atoms with Gasteiger partial charge in [-0.15, -0.1) is 0 Å². The van der Waals surface area contributed by atoms with E-state index in [4.69, 9.17) is 5.73 Å². The van der Waals surface area contributed by atoms with E-state index in [1.54, 1.807) is 20.8 Å². The Kier molecular flexibility index (Phi) is 6.11. The first-order chi connectivity index (χ1) is 8.79. The van der Waals surface area contributed by atoms with Crippen LogP contribution in [-0.2, 0) is 4.74 Å². The lowest BCUT2D eigenvalue weighted by Gasteiger charge is -2.31. The van der Waals surface area contributed by atoms with Crippen LogP contribution in [0.1, 0.15) is 67.1 Å². The largest absolute Gasteiger partial charge is 0.444 e. The van der Waals surface area contributed by atoms with Crippen molar-refractivity contribution in [3.8, 4) is 0 Å². The number of nitrogens with zero attached hydrogens (tertiary/aromatic N) is 1. The smallest absolute Gasteiger partial charge is 0.405 e. The molecule has 2 fully saturated rings. The zero-order valence-corrected chi connectivity index (χ0v) is 12.9. The van der Waals surface area contributed by atoms with Crippen LogP contribution in [0.25, 0.3) is 0 Å². The Morgan fingerprint density at radius 3 is 1.89 bits per heavy atom. The number of rotatable bonds is 2.